The fraction of sp³-hybridized carbons (Fsp3) is 0.149. The molecule has 1 aromatic heterocycles. The molecule has 0 fully saturated rings. The Morgan fingerprint density at radius 3 is 1.41 bits per heavy atom. The van der Waals surface area contributed by atoms with Crippen LogP contribution in [0, 0.1) is 17.5 Å². The van der Waals surface area contributed by atoms with E-state index in [9.17, 15) is 37.6 Å². The van der Waals surface area contributed by atoms with Crippen molar-refractivity contribution < 1.29 is 71.3 Å². The van der Waals surface area contributed by atoms with Gasteiger partial charge in [-0.15, -0.1) is 0 Å². The number of rotatable bonds is 27. The number of nitrogens with one attached hydrogen (secondary N) is 2. The lowest BCUT2D eigenvalue weighted by Gasteiger charge is -2.24. The van der Waals surface area contributed by atoms with E-state index in [0.29, 0.717) is 114 Å². The van der Waals surface area contributed by atoms with Crippen molar-refractivity contribution in [3.8, 4) is 56.4 Å². The van der Waals surface area contributed by atoms with Crippen LogP contribution in [0.25, 0.3) is 44.3 Å². The number of aldehydes is 1. The van der Waals surface area contributed by atoms with Gasteiger partial charge in [0.15, 0.2) is 0 Å². The van der Waals surface area contributed by atoms with E-state index < -0.39 is 11.9 Å². The number of nitrogens with zero attached hydrogens (tertiary/aromatic N) is 6. The molecule has 13 aromatic carbocycles. The van der Waals surface area contributed by atoms with Crippen molar-refractivity contribution in [1.82, 2.24) is 25.8 Å². The van der Waals surface area contributed by atoms with Crippen LogP contribution in [0.1, 0.15) is 123 Å². The van der Waals surface area contributed by atoms with Gasteiger partial charge in [0.05, 0.1) is 76.4 Å². The molecule has 0 saturated carbocycles. The molecule has 3 aliphatic heterocycles. The Balaban J connectivity index is 0.000000145. The van der Waals surface area contributed by atoms with Gasteiger partial charge in [-0.2, -0.15) is 10.6 Å². The second-order valence-electron chi connectivity index (χ2n) is 28.1. The highest BCUT2D eigenvalue weighted by atomic mass is 19.1. The largest absolute Gasteiger partial charge is 0.493 e. The van der Waals surface area contributed by atoms with Crippen LogP contribution < -0.4 is 30.2 Å². The van der Waals surface area contributed by atoms with Crippen molar-refractivity contribution in [2.75, 3.05) is 26.6 Å². The SMILES string of the molecule is CCOc1cc(C(=O)N(Cc2cccc3c2CN=C3)OCc2ccccc2)ccc1-c1cccc(F)c1.CCOc1cc(C(=O)N(O)Cc2cccc3c2CN=C3)ccc1-c1cccc(F)c1.CCOc1cc(C(=O)O)ccc1-c1cccc(F)c1.NCOc1ccccc1.O=Cc1cccc2c1CN=C2.c1ccc(CONCc2cccc3cn[nH]c23)cc1. The van der Waals surface area contributed by atoms with Crippen LogP contribution in [0.15, 0.2) is 312 Å². The molecule has 0 bridgehead atoms. The van der Waals surface area contributed by atoms with Gasteiger partial charge in [-0.25, -0.2) is 28.1 Å². The number of halogens is 3. The van der Waals surface area contributed by atoms with E-state index in [0.717, 1.165) is 89.7 Å². The summed E-state index contributed by atoms with van der Waals surface area (Å²) in [6.45, 7) is 10.5. The summed E-state index contributed by atoms with van der Waals surface area (Å²) in [6.07, 6.45) is 8.16. The number of carbonyl (C=O) groups excluding carboxylic acids is 3. The van der Waals surface area contributed by atoms with E-state index in [1.807, 2.05) is 203 Å². The zero-order valence-electron chi connectivity index (χ0n) is 69.0. The standard InChI is InChI=1S/C31H27FN2O3.C24H21FN2O3.C15H13FO3.C15H15N3O.C9H7NO.C7H9NO/c1-2-36-30-17-24(14-15-28(30)23-10-7-13-27(32)16-23)31(35)34(37-21-22-8-4-3-5-9-22)20-26-12-6-11-25-18-33-19-29(25)26;1-2-30-23-12-17(9-10-21(23)16-5-4-8-20(25)11-16)24(28)27(29)15-19-7-3-6-18-13-26-14-22(18)19;1-2-19-14-9-11(15(17)18)6-7-13(14)10-4-3-5-12(16)8-10;1-2-5-12(6-3-1)11-19-17-10-14-8-4-7-13-9-16-18-15(13)14;11-6-8-3-1-2-7-4-10-5-9(7)8;8-6-9-7-4-2-1-3-5-7/h3-18H,2,19-21H2,1H3;3-13,29H,2,14-15H2,1H3;3-9H,2H2,1H3,(H,17,18);1-9,17H,10-11H2,(H,16,18);1-4,6H,5H2;1-5H,6,8H2. The second-order valence-corrected chi connectivity index (χ2v) is 28.1. The third-order valence-corrected chi connectivity index (χ3v) is 19.8. The first kappa shape index (κ1) is 89.5. The molecule has 4 heterocycles. The van der Waals surface area contributed by atoms with Crippen molar-refractivity contribution in [2.45, 2.75) is 73.3 Å². The Morgan fingerprint density at radius 2 is 0.912 bits per heavy atom. The Kier molecular flexibility index (Phi) is 32.7. The smallest absolute Gasteiger partial charge is 0.335 e. The monoisotopic (exact) mass is 1680 g/mol. The average molecular weight is 1680 g/mol. The maximum absolute atomic E-state index is 13.9. The number of nitrogens with two attached hydrogens (primary N) is 1. The molecule has 125 heavy (non-hydrogen) atoms. The fourth-order valence-corrected chi connectivity index (χ4v) is 13.7. The molecule has 17 rings (SSSR count). The molecule has 0 radical (unpaired) electrons. The number of para-hydroxylation sites is 2. The minimum atomic E-state index is -1.02. The predicted octanol–water partition coefficient (Wildman–Crippen LogP) is 20.2. The number of aromatic amines is 1. The van der Waals surface area contributed by atoms with E-state index in [4.69, 9.17) is 39.5 Å². The minimum Gasteiger partial charge on any atom is -0.493 e. The van der Waals surface area contributed by atoms with Gasteiger partial charge >= 0.3 is 5.97 Å². The lowest BCUT2D eigenvalue weighted by atomic mass is 10.0. The number of hydrogen-bond acceptors (Lipinski definition) is 17. The van der Waals surface area contributed by atoms with Crippen molar-refractivity contribution in [3.05, 3.63) is 398 Å². The number of carboxylic acids is 1. The highest BCUT2D eigenvalue weighted by Gasteiger charge is 2.25. The molecule has 0 saturated heterocycles. The number of carbonyl (C=O) groups is 4. The third kappa shape index (κ3) is 25.0. The molecule has 21 nitrogen and oxygen atoms in total. The zero-order valence-corrected chi connectivity index (χ0v) is 69.0. The molecule has 0 unspecified atom stereocenters. The van der Waals surface area contributed by atoms with Crippen LogP contribution >= 0.6 is 0 Å². The van der Waals surface area contributed by atoms with E-state index in [2.05, 4.69) is 36.7 Å². The third-order valence-electron chi connectivity index (χ3n) is 19.8. The molecule has 3 aliphatic rings. The van der Waals surface area contributed by atoms with E-state index in [-0.39, 0.29) is 60.9 Å². The Bertz CT molecular complexity index is 6080. The van der Waals surface area contributed by atoms with Gasteiger partial charge in [-0.1, -0.05) is 188 Å². The van der Waals surface area contributed by atoms with Gasteiger partial charge in [0, 0.05) is 64.0 Å². The first-order chi connectivity index (χ1) is 61.1. The van der Waals surface area contributed by atoms with Gasteiger partial charge in [0.1, 0.15) is 60.1 Å². The van der Waals surface area contributed by atoms with Crippen molar-refractivity contribution >= 4 is 53.6 Å². The summed E-state index contributed by atoms with van der Waals surface area (Å²) < 4.78 is 62.7. The van der Waals surface area contributed by atoms with Crippen LogP contribution in [0.2, 0.25) is 0 Å². The molecular weight excluding hydrogens is 1590 g/mol. The molecule has 0 spiro atoms. The number of fused-ring (bicyclic) bond motifs is 4. The Labute approximate surface area is 722 Å². The Hall–Kier alpha value is -14.8. The van der Waals surface area contributed by atoms with E-state index in [1.165, 1.54) is 53.6 Å². The summed E-state index contributed by atoms with van der Waals surface area (Å²) in [4.78, 5) is 72.3. The van der Waals surface area contributed by atoms with Gasteiger partial charge in [-0.3, -0.25) is 55.1 Å². The number of aromatic carboxylic acids is 1. The lowest BCUT2D eigenvalue weighted by Crippen LogP contribution is -2.31. The number of aliphatic imine (C=N–C) groups is 3. The molecular formula is C101H92F3N9O12. The van der Waals surface area contributed by atoms with Crippen LogP contribution in [-0.4, -0.2) is 99.9 Å². The summed E-state index contributed by atoms with van der Waals surface area (Å²) in [6, 6.07) is 86.0. The first-order valence-electron chi connectivity index (χ1n) is 40.3. The average Bonchev–Trinajstić information content (AvgIpc) is 1.75. The summed E-state index contributed by atoms with van der Waals surface area (Å²) >= 11 is 0. The first-order valence-corrected chi connectivity index (χ1v) is 40.3. The van der Waals surface area contributed by atoms with Crippen LogP contribution in [0.5, 0.6) is 23.0 Å². The minimum absolute atomic E-state index is 0.0565. The lowest BCUT2D eigenvalue weighted by molar-refractivity contribution is -0.140. The topological polar surface area (TPSA) is 274 Å². The highest BCUT2D eigenvalue weighted by Crippen LogP contribution is 2.36. The zero-order chi connectivity index (χ0) is 87.7. The van der Waals surface area contributed by atoms with Gasteiger partial charge in [-0.05, 0) is 202 Å². The molecule has 634 valence electrons. The maximum atomic E-state index is 13.9. The van der Waals surface area contributed by atoms with E-state index in [1.54, 1.807) is 79.0 Å². The number of hydrogen-bond donors (Lipinski definition) is 5. The van der Waals surface area contributed by atoms with Gasteiger partial charge in [0.2, 0.25) is 0 Å². The fourth-order valence-electron chi connectivity index (χ4n) is 13.7. The molecule has 0 aliphatic carbocycles. The van der Waals surface area contributed by atoms with Crippen LogP contribution in [0.3, 0.4) is 0 Å². The number of aromatic nitrogens is 2. The number of carboxylic acid groups (broad SMARTS) is 1. The van der Waals surface area contributed by atoms with Crippen molar-refractivity contribution in [1.29, 1.82) is 0 Å². The quantitative estimate of drug-likeness (QED) is 0.0105. The molecule has 14 aromatic rings. The normalized spacial score (nSPS) is 11.4. The summed E-state index contributed by atoms with van der Waals surface area (Å²) in [5.41, 5.74) is 26.2. The highest BCUT2D eigenvalue weighted by molar-refractivity contribution is 5.97. The predicted molar refractivity (Wildman–Crippen MR) is 478 cm³/mol. The number of amides is 2. The van der Waals surface area contributed by atoms with Gasteiger partial charge < -0.3 is 24.1 Å². The van der Waals surface area contributed by atoms with Crippen LogP contribution in [-0.2, 0) is 62.2 Å². The van der Waals surface area contributed by atoms with Crippen LogP contribution in [0.4, 0.5) is 13.2 Å². The van der Waals surface area contributed by atoms with Gasteiger partial charge in [0.25, 0.3) is 11.8 Å². The molecule has 0 atom stereocenters. The summed E-state index contributed by atoms with van der Waals surface area (Å²) in [5, 5.41) is 29.7. The molecule has 2 amide bonds. The Morgan fingerprint density at radius 1 is 0.472 bits per heavy atom. The molecule has 24 heteroatoms. The van der Waals surface area contributed by atoms with E-state index >= 15 is 0 Å². The van der Waals surface area contributed by atoms with Crippen molar-refractivity contribution in [2.24, 2.45) is 20.7 Å². The number of H-pyrrole nitrogens is 1. The van der Waals surface area contributed by atoms with Crippen molar-refractivity contribution in [3.63, 3.8) is 0 Å². The number of benzene rings is 13. The summed E-state index contributed by atoms with van der Waals surface area (Å²) in [7, 11) is 0. The second kappa shape index (κ2) is 45.7. The number of ether oxygens (including phenoxy) is 4. The summed E-state index contributed by atoms with van der Waals surface area (Å²) in [5.74, 6) is -0.664. The number of hydroxylamine groups is 5. The maximum Gasteiger partial charge on any atom is 0.335 e. The molecule has 6 N–H and O–H groups in total.